The molecule has 4 aromatic carbocycles. The number of benzene rings is 4. The average Bonchev–Trinajstić information content (AvgIpc) is 3.38. The number of β-amino-alcohol motifs (C(OH)–C–C–N with tert-alkyl or cyclic N) is 1. The van der Waals surface area contributed by atoms with Gasteiger partial charge in [0.2, 0.25) is 11.9 Å². The number of piperazine rings is 2. The summed E-state index contributed by atoms with van der Waals surface area (Å²) in [6, 6.07) is 33.2. The van der Waals surface area contributed by atoms with Crippen LogP contribution in [0.4, 0.5) is 46.0 Å². The Morgan fingerprint density at radius 1 is 0.579 bits per heavy atom. The van der Waals surface area contributed by atoms with Crippen LogP contribution in [0.25, 0.3) is 22.8 Å². The van der Waals surface area contributed by atoms with Crippen molar-refractivity contribution >= 4 is 56.1 Å². The lowest BCUT2D eigenvalue weighted by Crippen LogP contribution is -2.56. The van der Waals surface area contributed by atoms with E-state index in [0.717, 1.165) is 108 Å². The maximum Gasteiger partial charge on any atom is 0.264 e. The molecule has 6 aromatic rings. The van der Waals surface area contributed by atoms with Gasteiger partial charge in [-0.2, -0.15) is 28.9 Å². The van der Waals surface area contributed by atoms with Gasteiger partial charge in [0, 0.05) is 112 Å². The van der Waals surface area contributed by atoms with E-state index in [1.165, 1.54) is 24.0 Å². The summed E-state index contributed by atoms with van der Waals surface area (Å²) in [5.74, 6) is 1.78. The van der Waals surface area contributed by atoms with Gasteiger partial charge >= 0.3 is 0 Å². The van der Waals surface area contributed by atoms with Crippen LogP contribution < -0.4 is 30.2 Å². The Kier molecular flexibility index (Phi) is 14.8. The summed E-state index contributed by atoms with van der Waals surface area (Å²) in [5, 5.41) is 35.5. The number of hydrogen-bond donors (Lipinski definition) is 3. The second-order valence-corrected chi connectivity index (χ2v) is 21.2. The van der Waals surface area contributed by atoms with E-state index in [9.17, 15) is 24.0 Å². The molecule has 6 saturated heterocycles. The Morgan fingerprint density at radius 2 is 1.00 bits per heavy atom. The van der Waals surface area contributed by atoms with Crippen LogP contribution in [0.15, 0.2) is 97.6 Å². The molecule has 0 saturated carbocycles. The van der Waals surface area contributed by atoms with Gasteiger partial charge in [-0.05, 0) is 84.9 Å². The summed E-state index contributed by atoms with van der Waals surface area (Å²) in [6.07, 6.45) is 3.20. The minimum atomic E-state index is -3.51. The van der Waals surface area contributed by atoms with Crippen LogP contribution >= 0.6 is 0 Å². The molecule has 8 heterocycles. The third kappa shape index (κ3) is 11.8. The molecule has 3 N–H and O–H groups in total. The van der Waals surface area contributed by atoms with Gasteiger partial charge in [-0.1, -0.05) is 0 Å². The van der Waals surface area contributed by atoms with E-state index in [0.29, 0.717) is 84.2 Å². The van der Waals surface area contributed by atoms with Crippen LogP contribution in [-0.2, 0) is 23.8 Å². The zero-order chi connectivity index (χ0) is 52.2. The number of ether oxygens (including phenoxy) is 2. The van der Waals surface area contributed by atoms with Crippen molar-refractivity contribution in [2.45, 2.75) is 24.3 Å². The number of nitrogens with zero attached hydrogens (tertiary/aromatic N) is 14. The Hall–Kier alpha value is -7.61. The second kappa shape index (κ2) is 22.3. The highest BCUT2D eigenvalue weighted by atomic mass is 32.2. The molecule has 0 atom stereocenters. The zero-order valence-corrected chi connectivity index (χ0v) is 42.8. The SMILES string of the molecule is CS(=O)(=O)OC1CN(c2ccc(-c3ncnc(Nc4ccc(N5CCN(C6COC6)CC5)cc4)n3)cc2C#N)C1.N#Cc1cc(-c2ncnc(Nc3ccc(N4CCN(C5COC5)CC4)cc3)n2)ccc1N1CC(O)C1. The zero-order valence-electron chi connectivity index (χ0n) is 42.0. The van der Waals surface area contributed by atoms with E-state index < -0.39 is 16.2 Å². The van der Waals surface area contributed by atoms with Crippen molar-refractivity contribution in [2.75, 3.05) is 141 Å². The minimum Gasteiger partial charge on any atom is -0.389 e. The Morgan fingerprint density at radius 3 is 1.37 bits per heavy atom. The number of nitriles is 2. The molecule has 76 heavy (non-hydrogen) atoms. The van der Waals surface area contributed by atoms with Crippen molar-refractivity contribution in [2.24, 2.45) is 0 Å². The molecule has 6 fully saturated rings. The van der Waals surface area contributed by atoms with Crippen LogP contribution in [0.1, 0.15) is 11.1 Å². The third-order valence-corrected chi connectivity index (χ3v) is 15.1. The van der Waals surface area contributed by atoms with E-state index in [1.54, 1.807) is 12.1 Å². The number of hydrogen-bond acceptors (Lipinski definition) is 22. The predicted molar refractivity (Wildman–Crippen MR) is 286 cm³/mol. The maximum absolute atomic E-state index is 11.3. The molecule has 6 aliphatic heterocycles. The molecule has 0 bridgehead atoms. The van der Waals surface area contributed by atoms with Crippen LogP contribution in [0, 0.1) is 22.7 Å². The monoisotopic (exact) mass is 1050 g/mol. The predicted octanol–water partition coefficient (Wildman–Crippen LogP) is 3.70. The number of rotatable bonds is 14. The van der Waals surface area contributed by atoms with Gasteiger partial charge in [0.15, 0.2) is 11.6 Å². The van der Waals surface area contributed by atoms with Crippen LogP contribution in [0.5, 0.6) is 0 Å². The summed E-state index contributed by atoms with van der Waals surface area (Å²) < 4.78 is 38.4. The summed E-state index contributed by atoms with van der Waals surface area (Å²) >= 11 is 0. The van der Waals surface area contributed by atoms with Crippen LogP contribution in [0.2, 0.25) is 0 Å². The van der Waals surface area contributed by atoms with Gasteiger partial charge in [-0.25, -0.2) is 19.9 Å². The van der Waals surface area contributed by atoms with Crippen molar-refractivity contribution in [1.82, 2.24) is 39.7 Å². The van der Waals surface area contributed by atoms with Gasteiger partial charge in [-0.3, -0.25) is 14.0 Å². The largest absolute Gasteiger partial charge is 0.389 e. The summed E-state index contributed by atoms with van der Waals surface area (Å²) in [7, 11) is -3.51. The summed E-state index contributed by atoms with van der Waals surface area (Å²) in [5.41, 5.74) is 8.08. The molecule has 0 unspecified atom stereocenters. The maximum atomic E-state index is 11.3. The number of aromatic nitrogens is 6. The Labute approximate surface area is 441 Å². The smallest absolute Gasteiger partial charge is 0.264 e. The quantitative estimate of drug-likeness (QED) is 0.132. The molecule has 23 heteroatoms. The number of aliphatic hydroxyl groups is 1. The molecular formula is C53H58N16O6S. The molecule has 22 nitrogen and oxygen atoms in total. The second-order valence-electron chi connectivity index (χ2n) is 19.6. The van der Waals surface area contributed by atoms with E-state index in [2.05, 4.69) is 96.5 Å². The summed E-state index contributed by atoms with van der Waals surface area (Å²) in [4.78, 5) is 40.0. The van der Waals surface area contributed by atoms with E-state index in [4.69, 9.17) is 13.7 Å². The fourth-order valence-corrected chi connectivity index (χ4v) is 10.6. The first-order chi connectivity index (χ1) is 37.0. The molecular weight excluding hydrogens is 989 g/mol. The van der Waals surface area contributed by atoms with Gasteiger partial charge in [0.05, 0.1) is 73.4 Å². The third-order valence-electron chi connectivity index (χ3n) is 14.5. The van der Waals surface area contributed by atoms with Gasteiger partial charge in [0.25, 0.3) is 10.1 Å². The van der Waals surface area contributed by atoms with Crippen molar-refractivity contribution < 1.29 is 27.2 Å². The van der Waals surface area contributed by atoms with E-state index in [-0.39, 0.29) is 6.10 Å². The van der Waals surface area contributed by atoms with Gasteiger partial charge in [0.1, 0.15) is 30.9 Å². The molecule has 2 aromatic heterocycles. The molecule has 0 radical (unpaired) electrons. The lowest BCUT2D eigenvalue weighted by Gasteiger charge is -2.43. The van der Waals surface area contributed by atoms with Crippen molar-refractivity contribution in [3.63, 3.8) is 0 Å². The molecule has 12 rings (SSSR count). The lowest BCUT2D eigenvalue weighted by molar-refractivity contribution is -0.0660. The first-order valence-electron chi connectivity index (χ1n) is 25.4. The first kappa shape index (κ1) is 50.5. The molecule has 6 aliphatic rings. The highest BCUT2D eigenvalue weighted by Crippen LogP contribution is 2.32. The highest BCUT2D eigenvalue weighted by molar-refractivity contribution is 7.86. The Bertz CT molecular complexity index is 3200. The molecule has 0 aliphatic carbocycles. The number of anilines is 8. The van der Waals surface area contributed by atoms with Crippen molar-refractivity contribution in [1.29, 1.82) is 10.5 Å². The van der Waals surface area contributed by atoms with E-state index >= 15 is 0 Å². The van der Waals surface area contributed by atoms with Crippen LogP contribution in [0.3, 0.4) is 0 Å². The van der Waals surface area contributed by atoms with Gasteiger partial charge in [-0.15, -0.1) is 0 Å². The lowest BCUT2D eigenvalue weighted by atomic mass is 10.0. The highest BCUT2D eigenvalue weighted by Gasteiger charge is 2.33. The molecule has 392 valence electrons. The Balaban J connectivity index is 0.000000163. The molecule has 0 amide bonds. The molecule has 0 spiro atoms. The minimum absolute atomic E-state index is 0.333. The van der Waals surface area contributed by atoms with Crippen molar-refractivity contribution in [3.05, 3.63) is 109 Å². The first-order valence-corrected chi connectivity index (χ1v) is 27.2. The van der Waals surface area contributed by atoms with E-state index in [1.807, 2.05) is 58.3 Å². The van der Waals surface area contributed by atoms with Gasteiger partial charge < -0.3 is 44.8 Å². The van der Waals surface area contributed by atoms with Crippen LogP contribution in [-0.4, -0.2) is 189 Å². The number of aliphatic hydroxyl groups excluding tert-OH is 1. The average molecular weight is 1050 g/mol. The standard InChI is InChI=1S/C27H30N8O4S.C26H28N8O2/c1-40(36,37)39-24-14-35(15-24)25-7-2-19(12-20(25)13-28)26-29-18-30-27(32-26)31-21-3-5-22(6-4-21)33-8-10-34(11-9-33)23-16-38-17-23;27-12-19-11-18(1-6-24(19)34-13-23(35)14-34)25-28-17-29-26(31-25)30-20-2-4-21(5-3-20)32-7-9-33(10-8-32)22-15-36-16-22/h2-7,12,18,23-24H,8-11,14-17H2,1H3,(H,29,30,31,32);1-6,11,17,22-23,35H,7-10,13-16H2,(H,28,29,30,31). The summed E-state index contributed by atoms with van der Waals surface area (Å²) in [6.45, 7) is 13.6. The number of nitrogens with one attached hydrogen (secondary N) is 2. The topological polar surface area (TPSA) is 250 Å². The normalized spacial score (nSPS) is 18.7. The fourth-order valence-electron chi connectivity index (χ4n) is 10.00. The fraction of sp³-hybridized carbons (Fsp3) is 0.396. The van der Waals surface area contributed by atoms with Crippen molar-refractivity contribution in [3.8, 4) is 34.9 Å².